The van der Waals surface area contributed by atoms with Gasteiger partial charge in [-0.2, -0.15) is 0 Å². The maximum absolute atomic E-state index is 10.3. The number of benzene rings is 1. The van der Waals surface area contributed by atoms with Crippen molar-refractivity contribution in [2.45, 2.75) is 0 Å². The molecule has 0 N–H and O–H groups in total. The summed E-state index contributed by atoms with van der Waals surface area (Å²) >= 11 is 0. The second-order valence-electron chi connectivity index (χ2n) is 3.08. The summed E-state index contributed by atoms with van der Waals surface area (Å²) in [5, 5.41) is 3.95. The third kappa shape index (κ3) is 1.85. The minimum Gasteiger partial charge on any atom is -0.304 e. The largest absolute Gasteiger partial charge is 0.304 e. The second kappa shape index (κ2) is 3.91. The molecule has 0 atom stereocenters. The molecule has 15 heavy (non-hydrogen) atoms. The van der Waals surface area contributed by atoms with E-state index in [4.69, 9.17) is 0 Å². The topological polar surface area (TPSA) is 50.5 Å². The van der Waals surface area contributed by atoms with E-state index in [0.29, 0.717) is 5.82 Å². The van der Waals surface area contributed by atoms with Crippen molar-refractivity contribution in [1.29, 1.82) is 0 Å². The number of aromatic nitrogens is 2. The van der Waals surface area contributed by atoms with Gasteiger partial charge in [0, 0.05) is 12.7 Å². The molecule has 1 aromatic carbocycles. The fourth-order valence-corrected chi connectivity index (χ4v) is 1.26. The van der Waals surface area contributed by atoms with Gasteiger partial charge in [0.2, 0.25) is 0 Å². The Balaban J connectivity index is 2.32. The van der Waals surface area contributed by atoms with Crippen LogP contribution in [0.4, 0.5) is 5.82 Å². The van der Waals surface area contributed by atoms with Gasteiger partial charge in [0.1, 0.15) is 6.33 Å². The van der Waals surface area contributed by atoms with Crippen LogP contribution in [0, 0.1) is 4.91 Å². The molecule has 1 heterocycles. The highest BCUT2D eigenvalue weighted by Crippen LogP contribution is 2.13. The minimum atomic E-state index is 0.522. The highest BCUT2D eigenvalue weighted by Gasteiger charge is 2.04. The molecule has 0 saturated heterocycles. The van der Waals surface area contributed by atoms with Gasteiger partial charge in [0.25, 0.3) is 0 Å². The Kier molecular flexibility index (Phi) is 2.45. The number of nitroso groups, excluding NO2 is 1. The van der Waals surface area contributed by atoms with E-state index in [1.54, 1.807) is 19.6 Å². The summed E-state index contributed by atoms with van der Waals surface area (Å²) in [6.07, 6.45) is 3.39. The van der Waals surface area contributed by atoms with Crippen molar-refractivity contribution in [2.75, 3.05) is 12.1 Å². The van der Waals surface area contributed by atoms with Crippen LogP contribution in [0.2, 0.25) is 0 Å². The normalized spacial score (nSPS) is 9.93. The van der Waals surface area contributed by atoms with Crippen molar-refractivity contribution in [3.63, 3.8) is 0 Å². The number of hydrogen-bond donors (Lipinski definition) is 0. The van der Waals surface area contributed by atoms with Crippen LogP contribution in [-0.2, 0) is 0 Å². The molecule has 0 radical (unpaired) electrons. The first-order valence-corrected chi connectivity index (χ1v) is 4.47. The Bertz CT molecular complexity index is 451. The molecule has 0 amide bonds. The van der Waals surface area contributed by atoms with E-state index in [2.05, 4.69) is 10.3 Å². The summed E-state index contributed by atoms with van der Waals surface area (Å²) < 4.78 is 1.83. The van der Waals surface area contributed by atoms with Crippen LogP contribution in [0.25, 0.3) is 5.69 Å². The van der Waals surface area contributed by atoms with Gasteiger partial charge in [-0.15, -0.1) is 4.91 Å². The van der Waals surface area contributed by atoms with Gasteiger partial charge in [-0.3, -0.25) is 0 Å². The van der Waals surface area contributed by atoms with E-state index < -0.39 is 0 Å². The summed E-state index contributed by atoms with van der Waals surface area (Å²) in [6.45, 7) is 0. The van der Waals surface area contributed by atoms with Crippen molar-refractivity contribution in [3.05, 3.63) is 47.8 Å². The van der Waals surface area contributed by atoms with Crippen LogP contribution in [0.3, 0.4) is 0 Å². The molecule has 76 valence electrons. The van der Waals surface area contributed by atoms with Crippen LogP contribution in [0.1, 0.15) is 0 Å². The molecule has 0 spiro atoms. The summed E-state index contributed by atoms with van der Waals surface area (Å²) in [6, 6.07) is 9.74. The monoisotopic (exact) mass is 202 g/mol. The first-order chi connectivity index (χ1) is 7.31. The predicted molar refractivity (Wildman–Crippen MR) is 57.8 cm³/mol. The molecule has 1 aromatic heterocycles. The van der Waals surface area contributed by atoms with E-state index >= 15 is 0 Å². The van der Waals surface area contributed by atoms with E-state index in [1.165, 1.54) is 5.01 Å². The Labute approximate surface area is 86.9 Å². The summed E-state index contributed by atoms with van der Waals surface area (Å²) in [5.74, 6) is 0.522. The molecular formula is C10H10N4O. The molecule has 0 unspecified atom stereocenters. The molecule has 0 aliphatic carbocycles. The lowest BCUT2D eigenvalue weighted by molar-refractivity contribution is 0.976. The van der Waals surface area contributed by atoms with Crippen LogP contribution in [-0.4, -0.2) is 16.6 Å². The Morgan fingerprint density at radius 1 is 1.33 bits per heavy atom. The number of hydrogen-bond acceptors (Lipinski definition) is 3. The average molecular weight is 202 g/mol. The van der Waals surface area contributed by atoms with Gasteiger partial charge in [0.15, 0.2) is 5.82 Å². The number of anilines is 1. The minimum absolute atomic E-state index is 0.522. The molecular weight excluding hydrogens is 192 g/mol. The maximum Gasteiger partial charge on any atom is 0.169 e. The molecule has 2 aromatic rings. The molecule has 5 heteroatoms. The zero-order chi connectivity index (χ0) is 10.7. The van der Waals surface area contributed by atoms with Gasteiger partial charge < -0.3 is 4.57 Å². The SMILES string of the molecule is CN(N=O)c1cn(-c2ccccc2)cn1. The van der Waals surface area contributed by atoms with E-state index in [9.17, 15) is 4.91 Å². The Morgan fingerprint density at radius 2 is 2.07 bits per heavy atom. The van der Waals surface area contributed by atoms with Crippen molar-refractivity contribution < 1.29 is 0 Å². The highest BCUT2D eigenvalue weighted by atomic mass is 16.3. The first-order valence-electron chi connectivity index (χ1n) is 4.47. The summed E-state index contributed by atoms with van der Waals surface area (Å²) in [7, 11) is 1.56. The number of para-hydroxylation sites is 1. The lowest BCUT2D eigenvalue weighted by Crippen LogP contribution is -2.06. The number of imidazole rings is 1. The van der Waals surface area contributed by atoms with Crippen LogP contribution >= 0.6 is 0 Å². The zero-order valence-corrected chi connectivity index (χ0v) is 8.24. The number of nitrogens with zero attached hydrogens (tertiary/aromatic N) is 4. The molecule has 0 saturated carbocycles. The Hall–Kier alpha value is -2.17. The van der Waals surface area contributed by atoms with E-state index in [0.717, 1.165) is 5.69 Å². The molecule has 0 aliphatic rings. The molecule has 0 bridgehead atoms. The summed E-state index contributed by atoms with van der Waals surface area (Å²) in [5.41, 5.74) is 0.996. The smallest absolute Gasteiger partial charge is 0.169 e. The number of rotatable bonds is 3. The Morgan fingerprint density at radius 3 is 2.73 bits per heavy atom. The van der Waals surface area contributed by atoms with Gasteiger partial charge in [-0.1, -0.05) is 18.2 Å². The van der Waals surface area contributed by atoms with Gasteiger partial charge in [0.05, 0.1) is 11.5 Å². The standard InChI is InChI=1S/C10H10N4O/c1-13(12-15)10-7-14(8-11-10)9-5-3-2-4-6-9/h2-8H,1H3. The third-order valence-electron chi connectivity index (χ3n) is 2.08. The van der Waals surface area contributed by atoms with E-state index in [1.807, 2.05) is 34.9 Å². The van der Waals surface area contributed by atoms with Gasteiger partial charge >= 0.3 is 0 Å². The van der Waals surface area contributed by atoms with Crippen LogP contribution in [0.15, 0.2) is 48.1 Å². The molecule has 2 rings (SSSR count). The van der Waals surface area contributed by atoms with Crippen molar-refractivity contribution in [1.82, 2.24) is 9.55 Å². The van der Waals surface area contributed by atoms with Crippen molar-refractivity contribution >= 4 is 5.82 Å². The fraction of sp³-hybridized carbons (Fsp3) is 0.100. The van der Waals surface area contributed by atoms with Crippen LogP contribution < -0.4 is 5.01 Å². The predicted octanol–water partition coefficient (Wildman–Crippen LogP) is 1.99. The molecule has 0 aliphatic heterocycles. The van der Waals surface area contributed by atoms with Crippen LogP contribution in [0.5, 0.6) is 0 Å². The van der Waals surface area contributed by atoms with Gasteiger partial charge in [-0.25, -0.2) is 9.99 Å². The first kappa shape index (κ1) is 9.39. The van der Waals surface area contributed by atoms with E-state index in [-0.39, 0.29) is 0 Å². The van der Waals surface area contributed by atoms with Gasteiger partial charge in [-0.05, 0) is 12.1 Å². The zero-order valence-electron chi connectivity index (χ0n) is 8.24. The average Bonchev–Trinajstić information content (AvgIpc) is 2.78. The molecule has 0 fully saturated rings. The fourth-order valence-electron chi connectivity index (χ4n) is 1.26. The summed E-state index contributed by atoms with van der Waals surface area (Å²) in [4.78, 5) is 14.3. The lowest BCUT2D eigenvalue weighted by atomic mass is 10.3. The third-order valence-corrected chi connectivity index (χ3v) is 2.08. The highest BCUT2D eigenvalue weighted by molar-refractivity contribution is 5.39. The van der Waals surface area contributed by atoms with Crippen molar-refractivity contribution in [2.24, 2.45) is 5.29 Å². The van der Waals surface area contributed by atoms with Crippen molar-refractivity contribution in [3.8, 4) is 5.69 Å². The quantitative estimate of drug-likeness (QED) is 0.565. The maximum atomic E-state index is 10.3. The lowest BCUT2D eigenvalue weighted by Gasteiger charge is -2.02. The molecule has 5 nitrogen and oxygen atoms in total. The second-order valence-corrected chi connectivity index (χ2v) is 3.08.